The van der Waals surface area contributed by atoms with Crippen LogP contribution in [0.2, 0.25) is 0 Å². The molecule has 6 nitrogen and oxygen atoms in total. The molecule has 4 rings (SSSR count). The van der Waals surface area contributed by atoms with Gasteiger partial charge in [-0.05, 0) is 40.0 Å². The smallest absolute Gasteiger partial charge is 0.231 e. The van der Waals surface area contributed by atoms with Crippen molar-refractivity contribution in [3.8, 4) is 11.5 Å². The van der Waals surface area contributed by atoms with Crippen LogP contribution in [-0.4, -0.2) is 33.7 Å². The molecular formula is C17H18BrN3O3. The maximum absolute atomic E-state index is 12.6. The lowest BCUT2D eigenvalue weighted by atomic mass is 10.1. The maximum atomic E-state index is 12.6. The third kappa shape index (κ3) is 2.77. The van der Waals surface area contributed by atoms with E-state index in [4.69, 9.17) is 9.47 Å². The van der Waals surface area contributed by atoms with Gasteiger partial charge in [-0.25, -0.2) is 4.98 Å². The minimum atomic E-state index is 0.177. The van der Waals surface area contributed by atoms with Crippen molar-refractivity contribution in [1.82, 2.24) is 14.5 Å². The van der Waals surface area contributed by atoms with Crippen LogP contribution in [0.15, 0.2) is 22.9 Å². The first-order valence-corrected chi connectivity index (χ1v) is 8.77. The second-order valence-electron chi connectivity index (χ2n) is 6.09. The van der Waals surface area contributed by atoms with Gasteiger partial charge in [-0.2, -0.15) is 0 Å². The molecule has 0 radical (unpaired) electrons. The summed E-state index contributed by atoms with van der Waals surface area (Å²) in [6.07, 6.45) is 2.01. The number of hydrogen-bond donors (Lipinski definition) is 0. The van der Waals surface area contributed by atoms with Crippen LogP contribution in [0, 0.1) is 0 Å². The van der Waals surface area contributed by atoms with Gasteiger partial charge in [-0.3, -0.25) is 4.79 Å². The third-order valence-corrected chi connectivity index (χ3v) is 5.33. The number of carbonyl (C=O) groups excluding carboxylic acids is 1. The van der Waals surface area contributed by atoms with Gasteiger partial charge in [0.05, 0.1) is 17.9 Å². The van der Waals surface area contributed by atoms with E-state index in [-0.39, 0.29) is 12.7 Å². The van der Waals surface area contributed by atoms with Crippen LogP contribution >= 0.6 is 15.9 Å². The second kappa shape index (κ2) is 6.12. The van der Waals surface area contributed by atoms with Crippen LogP contribution in [0.25, 0.3) is 0 Å². The van der Waals surface area contributed by atoms with Crippen molar-refractivity contribution in [2.45, 2.75) is 25.8 Å². The lowest BCUT2D eigenvalue weighted by Gasteiger charge is -2.27. The number of rotatable bonds is 3. The first kappa shape index (κ1) is 15.5. The Hall–Kier alpha value is -2.02. The van der Waals surface area contributed by atoms with Gasteiger partial charge in [0.2, 0.25) is 12.7 Å². The molecule has 2 aliphatic rings. The highest BCUT2D eigenvalue weighted by molar-refractivity contribution is 9.10. The standard InChI is InChI=1S/C17H18BrN3O3/c1-20-13-9-21(7-6-12(13)19-17(20)18)16(22)5-3-11-2-4-14-15(8-11)24-10-23-14/h2,4,8H,3,5-7,9-10H2,1H3. The zero-order chi connectivity index (χ0) is 16.7. The molecule has 0 unspecified atom stereocenters. The molecule has 0 N–H and O–H groups in total. The number of fused-ring (bicyclic) bond motifs is 2. The third-order valence-electron chi connectivity index (χ3n) is 4.62. The van der Waals surface area contributed by atoms with Crippen molar-refractivity contribution in [2.24, 2.45) is 7.05 Å². The monoisotopic (exact) mass is 391 g/mol. The summed E-state index contributed by atoms with van der Waals surface area (Å²) in [4.78, 5) is 19.0. The van der Waals surface area contributed by atoms with Gasteiger partial charge in [0, 0.05) is 26.4 Å². The molecular weight excluding hydrogens is 374 g/mol. The van der Waals surface area contributed by atoms with Crippen molar-refractivity contribution in [2.75, 3.05) is 13.3 Å². The number of hydrogen-bond acceptors (Lipinski definition) is 4. The van der Waals surface area contributed by atoms with E-state index >= 15 is 0 Å². The fourth-order valence-corrected chi connectivity index (χ4v) is 3.60. The van der Waals surface area contributed by atoms with Crippen LogP contribution in [0.1, 0.15) is 23.4 Å². The fraction of sp³-hybridized carbons (Fsp3) is 0.412. The number of imidazole rings is 1. The van der Waals surface area contributed by atoms with Gasteiger partial charge in [-0.1, -0.05) is 6.07 Å². The lowest BCUT2D eigenvalue weighted by Crippen LogP contribution is -2.36. The predicted octanol–water partition coefficient (Wildman–Crippen LogP) is 2.43. The van der Waals surface area contributed by atoms with Crippen molar-refractivity contribution in [1.29, 1.82) is 0 Å². The summed E-state index contributed by atoms with van der Waals surface area (Å²) >= 11 is 3.45. The molecule has 0 saturated heterocycles. The second-order valence-corrected chi connectivity index (χ2v) is 6.80. The molecule has 1 amide bonds. The molecule has 2 aromatic rings. The molecule has 0 bridgehead atoms. The molecule has 1 aromatic carbocycles. The summed E-state index contributed by atoms with van der Waals surface area (Å²) in [5.74, 6) is 1.72. The van der Waals surface area contributed by atoms with Gasteiger partial charge < -0.3 is 18.9 Å². The van der Waals surface area contributed by atoms with Gasteiger partial charge in [0.1, 0.15) is 0 Å². The largest absolute Gasteiger partial charge is 0.454 e. The van der Waals surface area contributed by atoms with Crippen molar-refractivity contribution in [3.05, 3.63) is 39.9 Å². The normalized spacial score (nSPS) is 15.5. The van der Waals surface area contributed by atoms with Gasteiger partial charge in [0.25, 0.3) is 0 Å². The number of halogens is 1. The number of benzene rings is 1. The Balaban J connectivity index is 1.39. The van der Waals surface area contributed by atoms with E-state index in [0.29, 0.717) is 19.4 Å². The Bertz CT molecular complexity index is 803. The highest BCUT2D eigenvalue weighted by atomic mass is 79.9. The first-order valence-electron chi connectivity index (χ1n) is 7.98. The summed E-state index contributed by atoms with van der Waals surface area (Å²) in [6, 6.07) is 5.86. The summed E-state index contributed by atoms with van der Waals surface area (Å²) in [5.41, 5.74) is 3.29. The average Bonchev–Trinajstić information content (AvgIpc) is 3.17. The van der Waals surface area contributed by atoms with Gasteiger partial charge in [0.15, 0.2) is 16.2 Å². The van der Waals surface area contributed by atoms with Crippen LogP contribution < -0.4 is 9.47 Å². The molecule has 0 spiro atoms. The number of aryl methyl sites for hydroxylation is 1. The van der Waals surface area contributed by atoms with Crippen LogP contribution in [0.3, 0.4) is 0 Å². The number of aromatic nitrogens is 2. The van der Waals surface area contributed by atoms with Crippen LogP contribution in [0.4, 0.5) is 0 Å². The van der Waals surface area contributed by atoms with Crippen LogP contribution in [0.5, 0.6) is 11.5 Å². The van der Waals surface area contributed by atoms with E-state index in [1.807, 2.05) is 34.7 Å². The quantitative estimate of drug-likeness (QED) is 0.805. The molecule has 0 saturated carbocycles. The Labute approximate surface area is 148 Å². The van der Waals surface area contributed by atoms with Crippen molar-refractivity contribution < 1.29 is 14.3 Å². The van der Waals surface area contributed by atoms with E-state index in [1.165, 1.54) is 0 Å². The Morgan fingerprint density at radius 3 is 3.04 bits per heavy atom. The van der Waals surface area contributed by atoms with E-state index in [0.717, 1.165) is 46.1 Å². The minimum Gasteiger partial charge on any atom is -0.454 e. The molecule has 0 fully saturated rings. The zero-order valence-electron chi connectivity index (χ0n) is 13.4. The van der Waals surface area contributed by atoms with Gasteiger partial charge >= 0.3 is 0 Å². The van der Waals surface area contributed by atoms with E-state index in [2.05, 4.69) is 20.9 Å². The molecule has 0 aliphatic carbocycles. The summed E-state index contributed by atoms with van der Waals surface area (Å²) in [6.45, 7) is 1.63. The zero-order valence-corrected chi connectivity index (χ0v) is 15.0. The number of nitrogens with zero attached hydrogens (tertiary/aromatic N) is 3. The Morgan fingerprint density at radius 1 is 1.33 bits per heavy atom. The number of carbonyl (C=O) groups is 1. The molecule has 7 heteroatoms. The molecule has 1 aromatic heterocycles. The van der Waals surface area contributed by atoms with E-state index < -0.39 is 0 Å². The summed E-state index contributed by atoms with van der Waals surface area (Å²) in [7, 11) is 1.97. The van der Waals surface area contributed by atoms with Gasteiger partial charge in [-0.15, -0.1) is 0 Å². The average molecular weight is 392 g/mol. The molecule has 0 atom stereocenters. The summed E-state index contributed by atoms with van der Waals surface area (Å²) < 4.78 is 13.5. The lowest BCUT2D eigenvalue weighted by molar-refractivity contribution is -0.132. The fourth-order valence-electron chi connectivity index (χ4n) is 3.17. The van der Waals surface area contributed by atoms with Crippen molar-refractivity contribution >= 4 is 21.8 Å². The SMILES string of the molecule is Cn1c(Br)nc2c1CN(C(=O)CCc1ccc3c(c1)OCO3)CC2. The van der Waals surface area contributed by atoms with Crippen molar-refractivity contribution in [3.63, 3.8) is 0 Å². The maximum Gasteiger partial charge on any atom is 0.231 e. The summed E-state index contributed by atoms with van der Waals surface area (Å²) in [5, 5.41) is 0. The molecule has 24 heavy (non-hydrogen) atoms. The Kier molecular flexibility index (Phi) is 3.96. The molecule has 2 aliphatic heterocycles. The van der Waals surface area contributed by atoms with E-state index in [1.54, 1.807) is 0 Å². The van der Waals surface area contributed by atoms with Crippen LogP contribution in [-0.2, 0) is 31.2 Å². The van der Waals surface area contributed by atoms with E-state index in [9.17, 15) is 4.79 Å². The predicted molar refractivity (Wildman–Crippen MR) is 90.9 cm³/mol. The Morgan fingerprint density at radius 2 is 2.17 bits per heavy atom. The minimum absolute atomic E-state index is 0.177. The topological polar surface area (TPSA) is 56.6 Å². The number of ether oxygens (including phenoxy) is 2. The molecule has 126 valence electrons. The number of amides is 1. The highest BCUT2D eigenvalue weighted by Gasteiger charge is 2.25. The first-order chi connectivity index (χ1) is 11.6. The molecule has 3 heterocycles. The highest BCUT2D eigenvalue weighted by Crippen LogP contribution is 2.33.